The molecule has 5 nitrogen and oxygen atoms in total. The lowest BCUT2D eigenvalue weighted by molar-refractivity contribution is 0.148. The standard InChI is InChI=1S/C22H25N5/c1-25-9-11-27(12-10-25)15-16-7-8-19-17(13-16)14-20(23-19)22-18-5-3-4-6-21(18)26(2)24-22/h3-8,13-14,23H,9-12,15H2,1-2H3. The van der Waals surface area contributed by atoms with Gasteiger partial charge in [0, 0.05) is 56.1 Å². The van der Waals surface area contributed by atoms with Gasteiger partial charge >= 0.3 is 0 Å². The van der Waals surface area contributed by atoms with Gasteiger partial charge in [-0.25, -0.2) is 0 Å². The number of H-pyrrole nitrogens is 1. The molecule has 0 radical (unpaired) electrons. The summed E-state index contributed by atoms with van der Waals surface area (Å²) >= 11 is 0. The zero-order chi connectivity index (χ0) is 18.4. The van der Waals surface area contributed by atoms with Crippen molar-refractivity contribution in [3.8, 4) is 11.4 Å². The van der Waals surface area contributed by atoms with Gasteiger partial charge in [0.1, 0.15) is 5.69 Å². The van der Waals surface area contributed by atoms with Crippen LogP contribution in [-0.2, 0) is 13.6 Å². The molecule has 5 rings (SSSR count). The van der Waals surface area contributed by atoms with Crippen LogP contribution in [-0.4, -0.2) is 57.8 Å². The van der Waals surface area contributed by atoms with Crippen molar-refractivity contribution < 1.29 is 0 Å². The predicted octanol–water partition coefficient (Wildman–Crippen LogP) is 3.47. The minimum Gasteiger partial charge on any atom is -0.353 e. The Hall–Kier alpha value is -2.63. The molecule has 1 fully saturated rings. The normalized spacial score (nSPS) is 16.5. The van der Waals surface area contributed by atoms with Crippen LogP contribution in [0, 0.1) is 0 Å². The van der Waals surface area contributed by atoms with Gasteiger partial charge in [-0.3, -0.25) is 9.58 Å². The van der Waals surface area contributed by atoms with Crippen LogP contribution in [0.3, 0.4) is 0 Å². The topological polar surface area (TPSA) is 40.1 Å². The number of nitrogens with one attached hydrogen (secondary N) is 1. The van der Waals surface area contributed by atoms with E-state index in [9.17, 15) is 0 Å². The Kier molecular flexibility index (Phi) is 3.99. The Balaban J connectivity index is 1.47. The highest BCUT2D eigenvalue weighted by Gasteiger charge is 2.15. The van der Waals surface area contributed by atoms with Gasteiger partial charge in [0.15, 0.2) is 0 Å². The van der Waals surface area contributed by atoms with Gasteiger partial charge in [-0.1, -0.05) is 24.3 Å². The molecule has 2 aromatic carbocycles. The molecule has 3 heterocycles. The average molecular weight is 359 g/mol. The number of rotatable bonds is 3. The van der Waals surface area contributed by atoms with Crippen molar-refractivity contribution >= 4 is 21.8 Å². The van der Waals surface area contributed by atoms with Gasteiger partial charge in [0.05, 0.1) is 11.2 Å². The Labute approximate surface area is 159 Å². The molecule has 0 bridgehead atoms. The van der Waals surface area contributed by atoms with Crippen molar-refractivity contribution in [1.29, 1.82) is 0 Å². The fraction of sp³-hybridized carbons (Fsp3) is 0.318. The Morgan fingerprint density at radius 3 is 2.63 bits per heavy atom. The summed E-state index contributed by atoms with van der Waals surface area (Å²) in [5, 5.41) is 7.19. The molecule has 0 spiro atoms. The molecular weight excluding hydrogens is 334 g/mol. The molecular formula is C22H25N5. The number of piperazine rings is 1. The Morgan fingerprint density at radius 1 is 0.963 bits per heavy atom. The van der Waals surface area contributed by atoms with Crippen LogP contribution >= 0.6 is 0 Å². The van der Waals surface area contributed by atoms with Gasteiger partial charge in [-0.05, 0) is 36.9 Å². The highest BCUT2D eigenvalue weighted by molar-refractivity contribution is 5.96. The second kappa shape index (κ2) is 6.51. The number of aromatic amines is 1. The third-order valence-corrected chi connectivity index (χ3v) is 5.70. The van der Waals surface area contributed by atoms with Gasteiger partial charge in [-0.15, -0.1) is 0 Å². The lowest BCUT2D eigenvalue weighted by Gasteiger charge is -2.32. The van der Waals surface area contributed by atoms with Crippen molar-refractivity contribution in [2.45, 2.75) is 6.54 Å². The number of fused-ring (bicyclic) bond motifs is 2. The van der Waals surface area contributed by atoms with Gasteiger partial charge in [0.25, 0.3) is 0 Å². The van der Waals surface area contributed by atoms with E-state index in [1.807, 2.05) is 11.7 Å². The predicted molar refractivity (Wildman–Crippen MR) is 111 cm³/mol. The quantitative estimate of drug-likeness (QED) is 0.609. The minimum absolute atomic E-state index is 1.02. The lowest BCUT2D eigenvalue weighted by atomic mass is 10.1. The Morgan fingerprint density at radius 2 is 1.78 bits per heavy atom. The number of benzene rings is 2. The summed E-state index contributed by atoms with van der Waals surface area (Å²) in [5.74, 6) is 0. The Bertz CT molecular complexity index is 1100. The van der Waals surface area contributed by atoms with E-state index in [1.54, 1.807) is 0 Å². The molecule has 5 heteroatoms. The fourth-order valence-electron chi connectivity index (χ4n) is 4.08. The molecule has 27 heavy (non-hydrogen) atoms. The number of nitrogens with zero attached hydrogens (tertiary/aromatic N) is 4. The van der Waals surface area contributed by atoms with Gasteiger partial charge < -0.3 is 9.88 Å². The summed E-state index contributed by atoms with van der Waals surface area (Å²) in [4.78, 5) is 8.50. The lowest BCUT2D eigenvalue weighted by Crippen LogP contribution is -2.43. The zero-order valence-corrected chi connectivity index (χ0v) is 15.9. The molecule has 1 aliphatic rings. The van der Waals surface area contributed by atoms with E-state index in [4.69, 9.17) is 5.10 Å². The second-order valence-corrected chi connectivity index (χ2v) is 7.67. The van der Waals surface area contributed by atoms with Crippen molar-refractivity contribution in [3.05, 3.63) is 54.1 Å². The van der Waals surface area contributed by atoms with Crippen molar-refractivity contribution in [1.82, 2.24) is 24.6 Å². The molecule has 1 aliphatic heterocycles. The van der Waals surface area contributed by atoms with Crippen LogP contribution in [0.15, 0.2) is 48.5 Å². The van der Waals surface area contributed by atoms with E-state index in [0.29, 0.717) is 0 Å². The summed E-state index contributed by atoms with van der Waals surface area (Å²) in [7, 11) is 4.20. The number of aryl methyl sites for hydroxylation is 1. The zero-order valence-electron chi connectivity index (χ0n) is 15.9. The van der Waals surface area contributed by atoms with E-state index in [2.05, 4.69) is 70.4 Å². The van der Waals surface area contributed by atoms with Crippen LogP contribution in [0.2, 0.25) is 0 Å². The number of para-hydroxylation sites is 1. The first-order chi connectivity index (χ1) is 13.2. The fourth-order valence-corrected chi connectivity index (χ4v) is 4.08. The van der Waals surface area contributed by atoms with Crippen LogP contribution in [0.1, 0.15) is 5.56 Å². The summed E-state index contributed by atoms with van der Waals surface area (Å²) in [6.45, 7) is 5.63. The van der Waals surface area contributed by atoms with Crippen LogP contribution < -0.4 is 0 Å². The molecule has 2 aromatic heterocycles. The molecule has 138 valence electrons. The summed E-state index contributed by atoms with van der Waals surface area (Å²) in [6, 6.07) is 17.4. The summed E-state index contributed by atoms with van der Waals surface area (Å²) in [5.41, 5.74) is 5.80. The third-order valence-electron chi connectivity index (χ3n) is 5.70. The molecule has 4 aromatic rings. The SMILES string of the molecule is CN1CCN(Cc2ccc3[nH]c(-c4nn(C)c5ccccc45)cc3c2)CC1. The molecule has 1 saturated heterocycles. The van der Waals surface area contributed by atoms with E-state index in [1.165, 1.54) is 21.9 Å². The van der Waals surface area contributed by atoms with E-state index >= 15 is 0 Å². The molecule has 0 amide bonds. The van der Waals surface area contributed by atoms with Crippen molar-refractivity contribution in [2.24, 2.45) is 7.05 Å². The highest BCUT2D eigenvalue weighted by Crippen LogP contribution is 2.30. The number of hydrogen-bond donors (Lipinski definition) is 1. The largest absolute Gasteiger partial charge is 0.353 e. The third kappa shape index (κ3) is 3.03. The smallest absolute Gasteiger partial charge is 0.116 e. The maximum atomic E-state index is 4.75. The van der Waals surface area contributed by atoms with Gasteiger partial charge in [0.2, 0.25) is 0 Å². The molecule has 0 atom stereocenters. The van der Waals surface area contributed by atoms with Crippen molar-refractivity contribution in [3.63, 3.8) is 0 Å². The van der Waals surface area contributed by atoms with Gasteiger partial charge in [-0.2, -0.15) is 5.10 Å². The maximum absolute atomic E-state index is 4.75. The molecule has 0 aliphatic carbocycles. The minimum atomic E-state index is 1.02. The number of aromatic nitrogens is 3. The van der Waals surface area contributed by atoms with Crippen LogP contribution in [0.25, 0.3) is 33.2 Å². The number of likely N-dealkylation sites (N-methyl/N-ethyl adjacent to an activating group) is 1. The first-order valence-corrected chi connectivity index (χ1v) is 9.62. The van der Waals surface area contributed by atoms with Crippen LogP contribution in [0.4, 0.5) is 0 Å². The highest BCUT2D eigenvalue weighted by atomic mass is 15.3. The monoisotopic (exact) mass is 359 g/mol. The first kappa shape index (κ1) is 16.5. The molecule has 0 saturated carbocycles. The van der Waals surface area contributed by atoms with E-state index < -0.39 is 0 Å². The second-order valence-electron chi connectivity index (χ2n) is 7.67. The first-order valence-electron chi connectivity index (χ1n) is 9.62. The molecule has 1 N–H and O–H groups in total. The van der Waals surface area contributed by atoms with E-state index in [0.717, 1.165) is 49.6 Å². The summed E-state index contributed by atoms with van der Waals surface area (Å²) in [6.07, 6.45) is 0. The van der Waals surface area contributed by atoms with E-state index in [-0.39, 0.29) is 0 Å². The summed E-state index contributed by atoms with van der Waals surface area (Å²) < 4.78 is 1.95. The average Bonchev–Trinajstić information content (AvgIpc) is 3.25. The number of hydrogen-bond acceptors (Lipinski definition) is 3. The maximum Gasteiger partial charge on any atom is 0.116 e. The molecule has 0 unspecified atom stereocenters. The van der Waals surface area contributed by atoms with Crippen LogP contribution in [0.5, 0.6) is 0 Å². The van der Waals surface area contributed by atoms with Crippen molar-refractivity contribution in [2.75, 3.05) is 33.2 Å².